The topological polar surface area (TPSA) is 117 Å². The minimum absolute atomic E-state index is 0.189. The number of piperazine rings is 1. The van der Waals surface area contributed by atoms with E-state index in [0.717, 1.165) is 54.0 Å². The summed E-state index contributed by atoms with van der Waals surface area (Å²) in [5.74, 6) is -0.438. The molecule has 0 bridgehead atoms. The number of nitrogens with one attached hydrogen (secondary N) is 1. The molecular formula is C28H25ClN10O. The zero-order valence-electron chi connectivity index (χ0n) is 21.4. The number of hydrogen-bond acceptors (Lipinski definition) is 9. The van der Waals surface area contributed by atoms with E-state index in [0.29, 0.717) is 11.6 Å². The van der Waals surface area contributed by atoms with E-state index in [1.54, 1.807) is 10.9 Å². The fourth-order valence-corrected chi connectivity index (χ4v) is 4.85. The summed E-state index contributed by atoms with van der Waals surface area (Å²) in [6, 6.07) is 15.6. The molecule has 6 rings (SSSR count). The molecule has 1 saturated heterocycles. The van der Waals surface area contributed by atoms with Crippen LogP contribution in [0.15, 0.2) is 84.6 Å². The Morgan fingerprint density at radius 1 is 1.00 bits per heavy atom. The zero-order valence-corrected chi connectivity index (χ0v) is 22.2. The Labute approximate surface area is 235 Å². The molecule has 3 aromatic heterocycles. The van der Waals surface area contributed by atoms with Crippen LogP contribution in [0.4, 0.5) is 5.69 Å². The average Bonchev–Trinajstić information content (AvgIpc) is 3.46. The molecule has 12 heteroatoms. The molecule has 200 valence electrons. The van der Waals surface area contributed by atoms with Gasteiger partial charge in [0, 0.05) is 73.0 Å². The highest BCUT2D eigenvalue weighted by atomic mass is 35.5. The van der Waals surface area contributed by atoms with Crippen LogP contribution in [0, 0.1) is 0 Å². The highest BCUT2D eigenvalue weighted by Crippen LogP contribution is 2.28. The summed E-state index contributed by atoms with van der Waals surface area (Å²) in [4.78, 5) is 29.3. The van der Waals surface area contributed by atoms with Crippen LogP contribution in [0.3, 0.4) is 0 Å². The SMILES string of the molecule is O=C(N/N=C/c1ccccc1-n1cc(CN2CCN(c3ccnc4cc(Cl)ccc34)CC2)nn1)c1cnccn1. The van der Waals surface area contributed by atoms with Gasteiger partial charge < -0.3 is 4.90 Å². The number of nitrogens with zero attached hydrogens (tertiary/aromatic N) is 9. The molecule has 0 radical (unpaired) electrons. The molecule has 1 N–H and O–H groups in total. The van der Waals surface area contributed by atoms with Crippen LogP contribution in [0.1, 0.15) is 21.7 Å². The van der Waals surface area contributed by atoms with E-state index in [1.165, 1.54) is 24.3 Å². The van der Waals surface area contributed by atoms with Gasteiger partial charge in [0.05, 0.1) is 35.5 Å². The van der Waals surface area contributed by atoms with Crippen molar-refractivity contribution in [2.45, 2.75) is 6.54 Å². The Morgan fingerprint density at radius 2 is 1.88 bits per heavy atom. The lowest BCUT2D eigenvalue weighted by Gasteiger charge is -2.36. The van der Waals surface area contributed by atoms with E-state index in [9.17, 15) is 4.79 Å². The fourth-order valence-electron chi connectivity index (χ4n) is 4.69. The Hall–Kier alpha value is -4.74. The van der Waals surface area contributed by atoms with E-state index in [2.05, 4.69) is 51.7 Å². The van der Waals surface area contributed by atoms with Crippen molar-refractivity contribution in [2.75, 3.05) is 31.1 Å². The molecule has 1 amide bonds. The lowest BCUT2D eigenvalue weighted by Crippen LogP contribution is -2.46. The summed E-state index contributed by atoms with van der Waals surface area (Å²) in [5.41, 5.74) is 7.20. The summed E-state index contributed by atoms with van der Waals surface area (Å²) in [6.07, 6.45) is 9.68. The van der Waals surface area contributed by atoms with Crippen LogP contribution in [-0.4, -0.2) is 73.1 Å². The molecule has 0 atom stereocenters. The van der Waals surface area contributed by atoms with Crippen LogP contribution in [-0.2, 0) is 6.54 Å². The first-order valence-corrected chi connectivity index (χ1v) is 13.1. The Balaban J connectivity index is 1.09. The van der Waals surface area contributed by atoms with Crippen LogP contribution in [0.25, 0.3) is 16.6 Å². The van der Waals surface area contributed by atoms with Gasteiger partial charge in [-0.2, -0.15) is 5.10 Å². The van der Waals surface area contributed by atoms with Gasteiger partial charge in [-0.15, -0.1) is 5.10 Å². The Kier molecular flexibility index (Phi) is 7.38. The largest absolute Gasteiger partial charge is 0.368 e. The number of hydrazone groups is 1. The van der Waals surface area contributed by atoms with Crippen molar-refractivity contribution in [3.05, 3.63) is 101 Å². The quantitative estimate of drug-likeness (QED) is 0.241. The molecule has 1 aliphatic rings. The zero-order chi connectivity index (χ0) is 27.3. The molecule has 1 aliphatic heterocycles. The van der Waals surface area contributed by atoms with E-state index in [4.69, 9.17) is 11.6 Å². The molecule has 40 heavy (non-hydrogen) atoms. The molecule has 1 fully saturated rings. The van der Waals surface area contributed by atoms with Gasteiger partial charge in [-0.3, -0.25) is 19.7 Å². The molecular weight excluding hydrogens is 528 g/mol. The minimum atomic E-state index is -0.438. The number of halogens is 1. The van der Waals surface area contributed by atoms with E-state index >= 15 is 0 Å². The second kappa shape index (κ2) is 11.6. The maximum Gasteiger partial charge on any atom is 0.291 e. The van der Waals surface area contributed by atoms with Gasteiger partial charge in [-0.1, -0.05) is 35.0 Å². The lowest BCUT2D eigenvalue weighted by molar-refractivity contribution is 0.0949. The lowest BCUT2D eigenvalue weighted by atomic mass is 10.1. The molecule has 11 nitrogen and oxygen atoms in total. The number of benzene rings is 2. The van der Waals surface area contributed by atoms with Gasteiger partial charge in [-0.05, 0) is 30.3 Å². The number of rotatable bonds is 7. The van der Waals surface area contributed by atoms with Crippen LogP contribution >= 0.6 is 11.6 Å². The monoisotopic (exact) mass is 552 g/mol. The third-order valence-electron chi connectivity index (χ3n) is 6.67. The third-order valence-corrected chi connectivity index (χ3v) is 6.91. The first-order chi connectivity index (χ1) is 19.6. The summed E-state index contributed by atoms with van der Waals surface area (Å²) in [6.45, 7) is 4.30. The number of pyridine rings is 1. The number of carbonyl (C=O) groups excluding carboxylic acids is 1. The minimum Gasteiger partial charge on any atom is -0.368 e. The van der Waals surface area contributed by atoms with Crippen molar-refractivity contribution in [1.29, 1.82) is 0 Å². The predicted octanol–water partition coefficient (Wildman–Crippen LogP) is 3.35. The summed E-state index contributed by atoms with van der Waals surface area (Å²) >= 11 is 6.16. The summed E-state index contributed by atoms with van der Waals surface area (Å²) in [7, 11) is 0. The number of para-hydroxylation sites is 1. The molecule has 0 aliphatic carbocycles. The van der Waals surface area contributed by atoms with Gasteiger partial charge in [-0.25, -0.2) is 15.1 Å². The number of amides is 1. The van der Waals surface area contributed by atoms with Crippen LogP contribution in [0.5, 0.6) is 0 Å². The molecule has 5 aromatic rings. The van der Waals surface area contributed by atoms with Gasteiger partial charge in [0.15, 0.2) is 0 Å². The Morgan fingerprint density at radius 3 is 2.73 bits per heavy atom. The van der Waals surface area contributed by atoms with Crippen molar-refractivity contribution in [2.24, 2.45) is 5.10 Å². The summed E-state index contributed by atoms with van der Waals surface area (Å²) < 4.78 is 1.73. The number of carbonyl (C=O) groups is 1. The number of hydrogen-bond donors (Lipinski definition) is 1. The van der Waals surface area contributed by atoms with E-state index in [1.807, 2.05) is 54.9 Å². The second-order valence-corrected chi connectivity index (χ2v) is 9.69. The average molecular weight is 553 g/mol. The predicted molar refractivity (Wildman–Crippen MR) is 153 cm³/mol. The number of fused-ring (bicyclic) bond motifs is 1. The maximum absolute atomic E-state index is 12.2. The standard InChI is InChI=1S/C28H25ClN10O/c29-21-5-6-23-24(15-21)31-8-7-27(23)38-13-11-37(12-14-38)18-22-19-39(36-34-22)26-4-2-1-3-20(26)16-33-35-28(40)25-17-30-9-10-32-25/h1-10,15-17,19H,11-14,18H2,(H,35,40)/b33-16+. The van der Waals surface area contributed by atoms with Gasteiger partial charge in [0.25, 0.3) is 5.91 Å². The van der Waals surface area contributed by atoms with E-state index in [-0.39, 0.29) is 5.69 Å². The Bertz CT molecular complexity index is 1660. The molecule has 0 unspecified atom stereocenters. The van der Waals surface area contributed by atoms with Gasteiger partial charge in [0.2, 0.25) is 0 Å². The molecule has 4 heterocycles. The normalized spacial score (nSPS) is 14.2. The highest BCUT2D eigenvalue weighted by Gasteiger charge is 2.20. The number of aromatic nitrogens is 6. The maximum atomic E-state index is 12.2. The molecule has 0 saturated carbocycles. The first kappa shape index (κ1) is 25.5. The van der Waals surface area contributed by atoms with E-state index < -0.39 is 5.91 Å². The molecule has 2 aromatic carbocycles. The van der Waals surface area contributed by atoms with Crippen LogP contribution in [0.2, 0.25) is 5.02 Å². The third kappa shape index (κ3) is 5.65. The summed E-state index contributed by atoms with van der Waals surface area (Å²) in [5, 5.41) is 14.6. The van der Waals surface area contributed by atoms with Gasteiger partial charge in [0.1, 0.15) is 5.69 Å². The molecule has 0 spiro atoms. The first-order valence-electron chi connectivity index (χ1n) is 12.8. The highest BCUT2D eigenvalue weighted by molar-refractivity contribution is 6.31. The van der Waals surface area contributed by atoms with Crippen molar-refractivity contribution < 1.29 is 4.79 Å². The van der Waals surface area contributed by atoms with Crippen molar-refractivity contribution in [1.82, 2.24) is 40.3 Å². The number of anilines is 1. The van der Waals surface area contributed by atoms with Crippen LogP contribution < -0.4 is 10.3 Å². The smallest absolute Gasteiger partial charge is 0.291 e. The van der Waals surface area contributed by atoms with Crippen molar-refractivity contribution >= 4 is 40.3 Å². The van der Waals surface area contributed by atoms with Crippen molar-refractivity contribution in [3.63, 3.8) is 0 Å². The fraction of sp³-hybridized carbons (Fsp3) is 0.179. The van der Waals surface area contributed by atoms with Gasteiger partial charge >= 0.3 is 0 Å². The van der Waals surface area contributed by atoms with Crippen molar-refractivity contribution in [3.8, 4) is 5.69 Å². The second-order valence-electron chi connectivity index (χ2n) is 9.26.